The highest BCUT2D eigenvalue weighted by molar-refractivity contribution is 9.11. The fraction of sp³-hybridized carbons (Fsp3) is 0.533. The van der Waals surface area contributed by atoms with Crippen molar-refractivity contribution in [3.8, 4) is 0 Å². The first-order chi connectivity index (χ1) is 11.5. The normalized spacial score (nSPS) is 20.2. The van der Waals surface area contributed by atoms with Crippen LogP contribution in [-0.4, -0.2) is 39.0 Å². The summed E-state index contributed by atoms with van der Waals surface area (Å²) in [5.74, 6) is -3.05. The first kappa shape index (κ1) is 18.2. The number of ether oxygens (including phenoxy) is 1. The van der Waals surface area contributed by atoms with E-state index in [0.717, 1.165) is 4.90 Å². The zero-order chi connectivity index (χ0) is 18.6. The van der Waals surface area contributed by atoms with Gasteiger partial charge in [0.25, 0.3) is 11.5 Å². The zero-order valence-electron chi connectivity index (χ0n) is 13.7. The molecule has 2 aromatic rings. The van der Waals surface area contributed by atoms with E-state index < -0.39 is 42.2 Å². The highest BCUT2D eigenvalue weighted by Gasteiger charge is 2.50. The average Bonchev–Trinajstić information content (AvgIpc) is 2.96. The lowest BCUT2D eigenvalue weighted by atomic mass is 10.1. The molecule has 1 aliphatic rings. The van der Waals surface area contributed by atoms with E-state index in [0.29, 0.717) is 14.0 Å². The van der Waals surface area contributed by atoms with Crippen LogP contribution in [-0.2, 0) is 4.74 Å². The summed E-state index contributed by atoms with van der Waals surface area (Å²) in [6.07, 6.45) is -1.48. The maximum atomic E-state index is 14.0. The van der Waals surface area contributed by atoms with Gasteiger partial charge in [0.05, 0.1) is 21.9 Å². The van der Waals surface area contributed by atoms with E-state index in [4.69, 9.17) is 4.74 Å². The molecule has 6 nitrogen and oxygen atoms in total. The van der Waals surface area contributed by atoms with E-state index >= 15 is 0 Å². The van der Waals surface area contributed by atoms with Crippen LogP contribution in [0.2, 0.25) is 0 Å². The molecule has 3 rings (SSSR count). The van der Waals surface area contributed by atoms with E-state index in [1.54, 1.807) is 26.8 Å². The number of aromatic nitrogens is 2. The Morgan fingerprint density at radius 1 is 1.52 bits per heavy atom. The topological polar surface area (TPSA) is 75.3 Å². The molecule has 1 aliphatic heterocycles. The van der Waals surface area contributed by atoms with Gasteiger partial charge < -0.3 is 9.72 Å². The third-order valence-corrected chi connectivity index (χ3v) is 5.21. The summed E-state index contributed by atoms with van der Waals surface area (Å²) in [5, 5.41) is 0. The fourth-order valence-corrected chi connectivity index (χ4v) is 4.08. The second-order valence-corrected chi connectivity index (χ2v) is 9.33. The molecule has 10 heteroatoms. The molecule has 3 heterocycles. The zero-order valence-corrected chi connectivity index (χ0v) is 16.1. The van der Waals surface area contributed by atoms with Gasteiger partial charge in [0, 0.05) is 6.42 Å². The van der Waals surface area contributed by atoms with Crippen LogP contribution in [0.25, 0.3) is 10.2 Å². The van der Waals surface area contributed by atoms with E-state index in [1.807, 2.05) is 0 Å². The lowest BCUT2D eigenvalue weighted by molar-refractivity contribution is -0.00248. The van der Waals surface area contributed by atoms with Gasteiger partial charge in [-0.25, -0.2) is 18.6 Å². The SMILES string of the molecule is CC(C)(C)OC(=O)N1CC(F)(F)C[C@H]1c1nc2cc(Br)sc2c(=O)[nH]1. The van der Waals surface area contributed by atoms with Gasteiger partial charge in [-0.2, -0.15) is 0 Å². The van der Waals surface area contributed by atoms with E-state index in [-0.39, 0.29) is 5.82 Å². The number of aromatic amines is 1. The maximum Gasteiger partial charge on any atom is 0.411 e. The molecule has 0 bridgehead atoms. The van der Waals surface area contributed by atoms with Gasteiger partial charge >= 0.3 is 6.09 Å². The van der Waals surface area contributed by atoms with Crippen LogP contribution in [0, 0.1) is 0 Å². The van der Waals surface area contributed by atoms with Gasteiger partial charge in [-0.15, -0.1) is 11.3 Å². The number of H-pyrrole nitrogens is 1. The first-order valence-corrected chi connectivity index (χ1v) is 9.13. The quantitative estimate of drug-likeness (QED) is 0.732. The molecule has 1 amide bonds. The van der Waals surface area contributed by atoms with Crippen LogP contribution in [0.1, 0.15) is 39.1 Å². The predicted molar refractivity (Wildman–Crippen MR) is 93.2 cm³/mol. The van der Waals surface area contributed by atoms with Crippen LogP contribution in [0.15, 0.2) is 14.6 Å². The molecule has 1 atom stereocenters. The number of hydrogen-bond acceptors (Lipinski definition) is 5. The molecule has 0 saturated carbocycles. The number of carbonyl (C=O) groups is 1. The summed E-state index contributed by atoms with van der Waals surface area (Å²) < 4.78 is 34.3. The van der Waals surface area contributed by atoms with Crippen molar-refractivity contribution in [2.24, 2.45) is 0 Å². The smallest absolute Gasteiger partial charge is 0.411 e. The molecule has 2 aromatic heterocycles. The Morgan fingerprint density at radius 2 is 2.20 bits per heavy atom. The number of nitrogens with one attached hydrogen (secondary N) is 1. The minimum absolute atomic E-state index is 0.0332. The molecule has 0 aliphatic carbocycles. The standard InChI is InChI=1S/C15H16BrF2N3O3S/c1-14(2,3)24-13(23)21-6-15(17,18)5-8(21)11-19-7-4-9(16)25-10(7)12(22)20-11/h4,8H,5-6H2,1-3H3,(H,19,20,22)/t8-/m0/s1. The molecule has 0 spiro atoms. The minimum Gasteiger partial charge on any atom is -0.444 e. The number of likely N-dealkylation sites (tertiary alicyclic amines) is 1. The lowest BCUT2D eigenvalue weighted by Gasteiger charge is -2.27. The summed E-state index contributed by atoms with van der Waals surface area (Å²) in [6, 6.07) is 0.588. The molecule has 0 unspecified atom stereocenters. The molecule has 1 N–H and O–H groups in total. The van der Waals surface area contributed by atoms with Crippen molar-refractivity contribution in [1.29, 1.82) is 0 Å². The van der Waals surface area contributed by atoms with Gasteiger partial charge in [0.2, 0.25) is 0 Å². The molecule has 0 radical (unpaired) electrons. The third-order valence-electron chi connectivity index (χ3n) is 3.58. The van der Waals surface area contributed by atoms with Gasteiger partial charge in [0.15, 0.2) is 0 Å². The number of fused-ring (bicyclic) bond motifs is 1. The average molecular weight is 436 g/mol. The molecule has 0 aromatic carbocycles. The Balaban J connectivity index is 2.01. The van der Waals surface area contributed by atoms with Crippen molar-refractivity contribution in [3.05, 3.63) is 26.0 Å². The van der Waals surface area contributed by atoms with Crippen LogP contribution >= 0.6 is 27.3 Å². The van der Waals surface area contributed by atoms with Gasteiger partial charge in [-0.1, -0.05) is 0 Å². The van der Waals surface area contributed by atoms with Gasteiger partial charge in [0.1, 0.15) is 16.1 Å². The van der Waals surface area contributed by atoms with Crippen LogP contribution in [0.3, 0.4) is 0 Å². The Kier molecular flexibility index (Phi) is 4.39. The lowest BCUT2D eigenvalue weighted by Crippen LogP contribution is -2.38. The number of alkyl halides is 2. The van der Waals surface area contributed by atoms with Crippen molar-refractivity contribution in [1.82, 2.24) is 14.9 Å². The molecule has 136 valence electrons. The summed E-state index contributed by atoms with van der Waals surface area (Å²) in [7, 11) is 0. The predicted octanol–water partition coefficient (Wildman–Crippen LogP) is 4.06. The van der Waals surface area contributed by atoms with E-state index in [1.165, 1.54) is 11.3 Å². The number of hydrogen-bond donors (Lipinski definition) is 1. The number of carbonyl (C=O) groups excluding carboxylic acids is 1. The first-order valence-electron chi connectivity index (χ1n) is 7.52. The minimum atomic E-state index is -3.08. The second kappa shape index (κ2) is 6.01. The van der Waals surface area contributed by atoms with Crippen molar-refractivity contribution in [2.45, 2.75) is 44.8 Å². The van der Waals surface area contributed by atoms with Crippen molar-refractivity contribution >= 4 is 43.6 Å². The molecule has 1 fully saturated rings. The van der Waals surface area contributed by atoms with Crippen molar-refractivity contribution in [3.63, 3.8) is 0 Å². The number of thiophene rings is 1. The number of halogens is 3. The third kappa shape index (κ3) is 3.84. The molecule has 25 heavy (non-hydrogen) atoms. The summed E-state index contributed by atoms with van der Waals surface area (Å²) in [5.41, 5.74) is -0.840. The highest BCUT2D eigenvalue weighted by atomic mass is 79.9. The van der Waals surface area contributed by atoms with Crippen LogP contribution < -0.4 is 5.56 Å². The van der Waals surface area contributed by atoms with Crippen molar-refractivity contribution < 1.29 is 18.3 Å². The molecule has 1 saturated heterocycles. The van der Waals surface area contributed by atoms with Gasteiger partial charge in [-0.05, 0) is 42.8 Å². The Hall–Kier alpha value is -1.55. The van der Waals surface area contributed by atoms with Crippen molar-refractivity contribution in [2.75, 3.05) is 6.54 Å². The Bertz CT molecular complexity index is 890. The Morgan fingerprint density at radius 3 is 2.84 bits per heavy atom. The van der Waals surface area contributed by atoms with Gasteiger partial charge in [-0.3, -0.25) is 9.69 Å². The highest BCUT2D eigenvalue weighted by Crippen LogP contribution is 2.41. The fourth-order valence-electron chi connectivity index (χ4n) is 2.66. The second-order valence-electron chi connectivity index (χ2n) is 6.90. The summed E-state index contributed by atoms with van der Waals surface area (Å²) >= 11 is 4.48. The molecular formula is C15H16BrF2N3O3S. The Labute approximate surface area is 154 Å². The van der Waals surface area contributed by atoms with E-state index in [2.05, 4.69) is 25.9 Å². The largest absolute Gasteiger partial charge is 0.444 e. The van der Waals surface area contributed by atoms with Crippen LogP contribution in [0.4, 0.5) is 13.6 Å². The molecular weight excluding hydrogens is 420 g/mol. The van der Waals surface area contributed by atoms with E-state index in [9.17, 15) is 18.4 Å². The number of amides is 1. The number of nitrogens with zero attached hydrogens (tertiary/aromatic N) is 2. The maximum absolute atomic E-state index is 14.0. The number of rotatable bonds is 1. The van der Waals surface area contributed by atoms with Crippen LogP contribution in [0.5, 0.6) is 0 Å². The summed E-state index contributed by atoms with van der Waals surface area (Å²) in [6.45, 7) is 4.19. The monoisotopic (exact) mass is 435 g/mol. The summed E-state index contributed by atoms with van der Waals surface area (Å²) in [4.78, 5) is 32.3.